The number of benzene rings is 1. The quantitative estimate of drug-likeness (QED) is 0.308. The van der Waals surface area contributed by atoms with Crippen LogP contribution in [0.4, 0.5) is 33.6 Å². The van der Waals surface area contributed by atoms with Crippen LogP contribution in [0.3, 0.4) is 0 Å². The highest BCUT2D eigenvalue weighted by molar-refractivity contribution is 6.09. The fourth-order valence-corrected chi connectivity index (χ4v) is 4.45. The molecule has 39 heavy (non-hydrogen) atoms. The van der Waals surface area contributed by atoms with Crippen molar-refractivity contribution in [2.24, 2.45) is 0 Å². The number of imidazole rings is 1. The van der Waals surface area contributed by atoms with E-state index < -0.39 is 42.2 Å². The number of anilines is 2. The number of amides is 1. The Morgan fingerprint density at radius 3 is 2.62 bits per heavy atom. The van der Waals surface area contributed by atoms with Crippen molar-refractivity contribution in [1.82, 2.24) is 24.3 Å². The van der Waals surface area contributed by atoms with Crippen LogP contribution in [0.1, 0.15) is 40.5 Å². The van der Waals surface area contributed by atoms with Crippen molar-refractivity contribution in [2.45, 2.75) is 37.3 Å². The summed E-state index contributed by atoms with van der Waals surface area (Å²) < 4.78 is 66.6. The molecule has 4 aromatic rings. The number of aryl methyl sites for hydroxylation is 1. The van der Waals surface area contributed by atoms with Gasteiger partial charge >= 0.3 is 18.1 Å². The molecule has 10 nitrogen and oxygen atoms in total. The van der Waals surface area contributed by atoms with Gasteiger partial charge in [0, 0.05) is 25.0 Å². The molecular weight excluding hydrogens is 529 g/mol. The molecule has 0 aliphatic carbocycles. The van der Waals surface area contributed by atoms with Crippen LogP contribution in [0.25, 0.3) is 17.2 Å². The molecule has 1 amide bonds. The summed E-state index contributed by atoms with van der Waals surface area (Å²) in [5.74, 6) is -6.93. The first kappa shape index (κ1) is 25.9. The van der Waals surface area contributed by atoms with Crippen LogP contribution in [0.2, 0.25) is 0 Å². The van der Waals surface area contributed by atoms with Gasteiger partial charge < -0.3 is 20.6 Å². The number of carbonyl (C=O) groups excluding carboxylic acids is 1. The van der Waals surface area contributed by atoms with E-state index in [1.165, 1.54) is 48.1 Å². The highest BCUT2D eigenvalue weighted by atomic mass is 19.4. The maximum atomic E-state index is 13.6. The zero-order valence-corrected chi connectivity index (χ0v) is 19.9. The SMILES string of the molecule is CC1(c2cccc(C(=O)O)c2)C(=O)Nc2nc(-c3cn4ccnc4c(CCC(F)(F)C(F)(F)F)n3)nc(N)c21. The number of hydrogen-bond acceptors (Lipinski definition) is 7. The first-order valence-corrected chi connectivity index (χ1v) is 11.3. The summed E-state index contributed by atoms with van der Waals surface area (Å²) in [4.78, 5) is 41.3. The Morgan fingerprint density at radius 2 is 1.92 bits per heavy atom. The Hall–Kier alpha value is -4.69. The number of nitrogens with two attached hydrogens (primary N) is 1. The molecule has 0 spiro atoms. The first-order chi connectivity index (χ1) is 18.2. The number of carbonyl (C=O) groups is 2. The lowest BCUT2D eigenvalue weighted by molar-refractivity contribution is -0.284. The number of aromatic nitrogens is 5. The van der Waals surface area contributed by atoms with E-state index in [0.717, 1.165) is 0 Å². The van der Waals surface area contributed by atoms with Crippen LogP contribution in [0.5, 0.6) is 0 Å². The van der Waals surface area contributed by atoms with E-state index in [9.17, 15) is 36.6 Å². The molecule has 3 aromatic heterocycles. The summed E-state index contributed by atoms with van der Waals surface area (Å²) in [6.07, 6.45) is -3.87. The van der Waals surface area contributed by atoms with E-state index in [-0.39, 0.29) is 45.6 Å². The molecule has 0 fully saturated rings. The van der Waals surface area contributed by atoms with E-state index in [4.69, 9.17) is 5.73 Å². The minimum atomic E-state index is -5.72. The molecular formula is C24H18F5N7O3. The molecule has 0 saturated heterocycles. The highest BCUT2D eigenvalue weighted by Gasteiger charge is 2.56. The summed E-state index contributed by atoms with van der Waals surface area (Å²) in [6.45, 7) is 1.53. The predicted octanol–water partition coefficient (Wildman–Crippen LogP) is 3.86. The van der Waals surface area contributed by atoms with Crippen molar-refractivity contribution < 1.29 is 36.6 Å². The van der Waals surface area contributed by atoms with Crippen molar-refractivity contribution >= 4 is 29.2 Å². The Morgan fingerprint density at radius 1 is 1.18 bits per heavy atom. The first-order valence-electron chi connectivity index (χ1n) is 11.3. The molecule has 1 aliphatic heterocycles. The lowest BCUT2D eigenvalue weighted by Gasteiger charge is -2.23. The number of fused-ring (bicyclic) bond motifs is 2. The highest BCUT2D eigenvalue weighted by Crippen LogP contribution is 2.45. The number of alkyl halides is 5. The maximum absolute atomic E-state index is 13.6. The molecule has 0 saturated carbocycles. The zero-order chi connectivity index (χ0) is 28.3. The Kier molecular flexibility index (Phi) is 5.77. The minimum Gasteiger partial charge on any atom is -0.478 e. The predicted molar refractivity (Wildman–Crippen MR) is 126 cm³/mol. The van der Waals surface area contributed by atoms with E-state index in [1.807, 2.05) is 0 Å². The summed E-state index contributed by atoms with van der Waals surface area (Å²) in [5.41, 5.74) is 5.17. The summed E-state index contributed by atoms with van der Waals surface area (Å²) in [6, 6.07) is 5.74. The molecule has 202 valence electrons. The topological polar surface area (TPSA) is 148 Å². The minimum absolute atomic E-state index is 0.0170. The summed E-state index contributed by atoms with van der Waals surface area (Å²) in [7, 11) is 0. The van der Waals surface area contributed by atoms with Crippen molar-refractivity contribution in [1.29, 1.82) is 0 Å². The molecule has 1 aromatic carbocycles. The molecule has 5 rings (SSSR count). The van der Waals surface area contributed by atoms with E-state index in [1.54, 1.807) is 6.07 Å². The number of nitrogens with zero attached hydrogens (tertiary/aromatic N) is 5. The van der Waals surface area contributed by atoms with Gasteiger partial charge in [-0.05, 0) is 31.0 Å². The van der Waals surface area contributed by atoms with Crippen molar-refractivity contribution in [3.63, 3.8) is 0 Å². The molecule has 15 heteroatoms. The van der Waals surface area contributed by atoms with Crippen molar-refractivity contribution in [3.8, 4) is 11.5 Å². The van der Waals surface area contributed by atoms with Gasteiger partial charge in [-0.2, -0.15) is 22.0 Å². The van der Waals surface area contributed by atoms with Crippen LogP contribution in [0, 0.1) is 0 Å². The van der Waals surface area contributed by atoms with Gasteiger partial charge in [0.1, 0.15) is 22.7 Å². The molecule has 1 unspecified atom stereocenters. The number of aromatic carboxylic acids is 1. The molecule has 1 atom stereocenters. The van der Waals surface area contributed by atoms with Gasteiger partial charge in [-0.3, -0.25) is 4.79 Å². The number of carboxylic acid groups (broad SMARTS) is 1. The van der Waals surface area contributed by atoms with Gasteiger partial charge in [-0.15, -0.1) is 0 Å². The number of carboxylic acids is 1. The monoisotopic (exact) mass is 547 g/mol. The van der Waals surface area contributed by atoms with Gasteiger partial charge in [0.2, 0.25) is 5.91 Å². The molecule has 1 aliphatic rings. The number of hydrogen-bond donors (Lipinski definition) is 3. The van der Waals surface area contributed by atoms with E-state index in [0.29, 0.717) is 5.56 Å². The average Bonchev–Trinajstić information content (AvgIpc) is 3.44. The lowest BCUT2D eigenvalue weighted by atomic mass is 9.77. The standard InChI is InChI=1S/C24H18F5N7O3/c1-22(12-4-2-3-11(9-12)20(37)38)15-16(30)33-17(34-18(15)35-21(22)39)14-10-36-8-7-31-19(36)13(32-14)5-6-23(25,26)24(27,28)29/h2-4,7-10H,5-6H2,1H3,(H,37,38)(H3,30,33,34,35,39). The number of nitrogens with one attached hydrogen (secondary N) is 1. The van der Waals surface area contributed by atoms with Gasteiger partial charge in [0.05, 0.1) is 16.8 Å². The number of nitrogen functional groups attached to an aromatic ring is 1. The van der Waals surface area contributed by atoms with Crippen LogP contribution in [-0.2, 0) is 16.6 Å². The Labute approximate surface area is 215 Å². The average molecular weight is 547 g/mol. The smallest absolute Gasteiger partial charge is 0.453 e. The number of rotatable bonds is 6. The second-order valence-corrected chi connectivity index (χ2v) is 9.05. The van der Waals surface area contributed by atoms with Crippen molar-refractivity contribution in [3.05, 3.63) is 65.2 Å². The van der Waals surface area contributed by atoms with Crippen LogP contribution in [0.15, 0.2) is 42.9 Å². The molecule has 4 heterocycles. The second kappa shape index (κ2) is 8.68. The van der Waals surface area contributed by atoms with Gasteiger partial charge in [0.25, 0.3) is 0 Å². The fourth-order valence-electron chi connectivity index (χ4n) is 4.45. The van der Waals surface area contributed by atoms with Gasteiger partial charge in [-0.25, -0.2) is 24.7 Å². The fraction of sp³-hybridized carbons (Fsp3) is 0.250. The van der Waals surface area contributed by atoms with E-state index in [2.05, 4.69) is 25.3 Å². The van der Waals surface area contributed by atoms with Crippen LogP contribution < -0.4 is 11.1 Å². The van der Waals surface area contributed by atoms with Gasteiger partial charge in [-0.1, -0.05) is 12.1 Å². The normalized spacial score (nSPS) is 17.3. The zero-order valence-electron chi connectivity index (χ0n) is 19.9. The van der Waals surface area contributed by atoms with E-state index >= 15 is 0 Å². The number of halogens is 5. The molecule has 4 N–H and O–H groups in total. The largest absolute Gasteiger partial charge is 0.478 e. The Bertz CT molecular complexity index is 1650. The third-order valence-electron chi connectivity index (χ3n) is 6.57. The Balaban J connectivity index is 1.57. The van der Waals surface area contributed by atoms with Crippen LogP contribution in [-0.4, -0.2) is 53.4 Å². The summed E-state index contributed by atoms with van der Waals surface area (Å²) >= 11 is 0. The third kappa shape index (κ3) is 4.19. The molecule has 0 radical (unpaired) electrons. The second-order valence-electron chi connectivity index (χ2n) is 9.05. The van der Waals surface area contributed by atoms with Crippen LogP contribution >= 0.6 is 0 Å². The maximum Gasteiger partial charge on any atom is 0.453 e. The third-order valence-corrected chi connectivity index (χ3v) is 6.57. The van der Waals surface area contributed by atoms with Gasteiger partial charge in [0.15, 0.2) is 11.5 Å². The summed E-state index contributed by atoms with van der Waals surface area (Å²) in [5, 5.41) is 12.0. The van der Waals surface area contributed by atoms with Crippen molar-refractivity contribution in [2.75, 3.05) is 11.1 Å². The molecule has 0 bridgehead atoms. The lowest BCUT2D eigenvalue weighted by Crippen LogP contribution is -2.36.